The van der Waals surface area contributed by atoms with Crippen molar-refractivity contribution in [3.63, 3.8) is 0 Å². The Morgan fingerprint density at radius 1 is 1.47 bits per heavy atom. The van der Waals surface area contributed by atoms with Gasteiger partial charge < -0.3 is 4.74 Å². The Kier molecular flexibility index (Phi) is 2.45. The Morgan fingerprint density at radius 2 is 2.33 bits per heavy atom. The van der Waals surface area contributed by atoms with Crippen molar-refractivity contribution in [1.29, 1.82) is 0 Å². The fourth-order valence-corrected chi connectivity index (χ4v) is 1.15. The predicted octanol–water partition coefficient (Wildman–Crippen LogP) is 1.19. The largest absolute Gasteiger partial charge is 0.425 e. The number of hydrogen-bond donors (Lipinski definition) is 0. The summed E-state index contributed by atoms with van der Waals surface area (Å²) in [5.41, 5.74) is 0. The van der Waals surface area contributed by atoms with E-state index < -0.39 is 0 Å². The van der Waals surface area contributed by atoms with Gasteiger partial charge in [0.05, 0.1) is 6.20 Å². The van der Waals surface area contributed by atoms with Gasteiger partial charge in [0.2, 0.25) is 0 Å². The normalized spacial score (nSPS) is 9.93. The number of ether oxygens (including phenoxy) is 1. The number of pyridine rings is 1. The third-order valence-electron chi connectivity index (χ3n) is 1.75. The van der Waals surface area contributed by atoms with Crippen molar-refractivity contribution in [2.75, 3.05) is 0 Å². The van der Waals surface area contributed by atoms with Crippen molar-refractivity contribution >= 4 is 5.97 Å². The van der Waals surface area contributed by atoms with Gasteiger partial charge in [-0.1, -0.05) is 0 Å². The lowest BCUT2D eigenvalue weighted by Crippen LogP contribution is -2.02. The van der Waals surface area contributed by atoms with Gasteiger partial charge in [-0.3, -0.25) is 9.36 Å². The monoisotopic (exact) mass is 203 g/mol. The molecule has 2 aromatic rings. The highest BCUT2D eigenvalue weighted by molar-refractivity contribution is 5.69. The molecule has 0 N–H and O–H groups in total. The van der Waals surface area contributed by atoms with E-state index in [0.717, 1.165) is 5.82 Å². The molecule has 0 saturated carbocycles. The van der Waals surface area contributed by atoms with E-state index in [0.29, 0.717) is 5.75 Å². The van der Waals surface area contributed by atoms with Gasteiger partial charge in [0.15, 0.2) is 0 Å². The number of carbonyl (C=O) groups is 1. The number of aromatic nitrogens is 3. The van der Waals surface area contributed by atoms with Crippen LogP contribution in [0.5, 0.6) is 5.75 Å². The van der Waals surface area contributed by atoms with Gasteiger partial charge >= 0.3 is 5.97 Å². The molecule has 2 heterocycles. The van der Waals surface area contributed by atoms with Gasteiger partial charge in [-0.05, 0) is 12.1 Å². The van der Waals surface area contributed by atoms with Crippen LogP contribution in [0.3, 0.4) is 0 Å². The molecule has 0 atom stereocenters. The van der Waals surface area contributed by atoms with Crippen LogP contribution in [0.1, 0.15) is 6.92 Å². The van der Waals surface area contributed by atoms with Crippen LogP contribution < -0.4 is 4.74 Å². The predicted molar refractivity (Wildman–Crippen MR) is 52.7 cm³/mol. The van der Waals surface area contributed by atoms with E-state index in [1.807, 2.05) is 0 Å². The quantitative estimate of drug-likeness (QED) is 0.688. The third kappa shape index (κ3) is 2.19. The molecular formula is C10H9N3O2. The molecule has 15 heavy (non-hydrogen) atoms. The molecule has 2 aromatic heterocycles. The molecule has 0 aliphatic rings. The smallest absolute Gasteiger partial charge is 0.308 e. The minimum absolute atomic E-state index is 0.354. The zero-order valence-electron chi connectivity index (χ0n) is 8.12. The van der Waals surface area contributed by atoms with Crippen LogP contribution in [0.2, 0.25) is 0 Å². The molecule has 5 heteroatoms. The Morgan fingerprint density at radius 3 is 2.87 bits per heavy atom. The molecule has 0 bridgehead atoms. The van der Waals surface area contributed by atoms with Crippen molar-refractivity contribution in [3.05, 3.63) is 37.1 Å². The van der Waals surface area contributed by atoms with Gasteiger partial charge in [0, 0.05) is 19.3 Å². The maximum absolute atomic E-state index is 10.7. The first-order valence-electron chi connectivity index (χ1n) is 4.38. The first-order chi connectivity index (χ1) is 7.25. The fraction of sp³-hybridized carbons (Fsp3) is 0.100. The average molecular weight is 203 g/mol. The van der Waals surface area contributed by atoms with Gasteiger partial charge in [0.25, 0.3) is 0 Å². The Bertz CT molecular complexity index is 448. The molecule has 0 amide bonds. The van der Waals surface area contributed by atoms with Crippen molar-refractivity contribution in [2.24, 2.45) is 0 Å². The summed E-state index contributed by atoms with van der Waals surface area (Å²) in [6.45, 7) is 1.35. The van der Waals surface area contributed by atoms with Crippen LogP contribution in [-0.2, 0) is 4.79 Å². The van der Waals surface area contributed by atoms with Crippen LogP contribution in [0.4, 0.5) is 0 Å². The topological polar surface area (TPSA) is 57.0 Å². The molecular weight excluding hydrogens is 194 g/mol. The van der Waals surface area contributed by atoms with Crippen LogP contribution >= 0.6 is 0 Å². The zero-order valence-corrected chi connectivity index (χ0v) is 8.12. The van der Waals surface area contributed by atoms with Gasteiger partial charge in [-0.15, -0.1) is 0 Å². The van der Waals surface area contributed by atoms with Crippen molar-refractivity contribution in [2.45, 2.75) is 6.92 Å². The molecule has 0 spiro atoms. The van der Waals surface area contributed by atoms with Crippen LogP contribution in [0.15, 0.2) is 37.1 Å². The minimum atomic E-state index is -0.354. The summed E-state index contributed by atoms with van der Waals surface area (Å²) in [5, 5.41) is 0. The number of carbonyl (C=O) groups excluding carboxylic acids is 1. The Labute approximate surface area is 86.4 Å². The lowest BCUT2D eigenvalue weighted by molar-refractivity contribution is -0.131. The number of imidazole rings is 1. The molecule has 2 rings (SSSR count). The fourth-order valence-electron chi connectivity index (χ4n) is 1.15. The SMILES string of the molecule is CC(=O)Oc1ccc(-n2ccnc2)nc1. The maximum atomic E-state index is 10.7. The summed E-state index contributed by atoms with van der Waals surface area (Å²) in [4.78, 5) is 18.7. The summed E-state index contributed by atoms with van der Waals surface area (Å²) in [6.07, 6.45) is 6.60. The summed E-state index contributed by atoms with van der Waals surface area (Å²) in [7, 11) is 0. The highest BCUT2D eigenvalue weighted by atomic mass is 16.5. The second kappa shape index (κ2) is 3.91. The number of hydrogen-bond acceptors (Lipinski definition) is 4. The second-order valence-corrected chi connectivity index (χ2v) is 2.92. The van der Waals surface area contributed by atoms with Crippen molar-refractivity contribution < 1.29 is 9.53 Å². The van der Waals surface area contributed by atoms with Gasteiger partial charge in [-0.2, -0.15) is 0 Å². The highest BCUT2D eigenvalue weighted by Crippen LogP contribution is 2.11. The Hall–Kier alpha value is -2.17. The molecule has 0 fully saturated rings. The molecule has 0 unspecified atom stereocenters. The minimum Gasteiger partial charge on any atom is -0.425 e. The van der Waals surface area contributed by atoms with E-state index >= 15 is 0 Å². The molecule has 0 saturated heterocycles. The molecule has 0 aromatic carbocycles. The van der Waals surface area contributed by atoms with E-state index in [2.05, 4.69) is 9.97 Å². The van der Waals surface area contributed by atoms with E-state index in [-0.39, 0.29) is 5.97 Å². The molecule has 0 aliphatic carbocycles. The summed E-state index contributed by atoms with van der Waals surface area (Å²) in [6, 6.07) is 3.43. The maximum Gasteiger partial charge on any atom is 0.308 e. The summed E-state index contributed by atoms with van der Waals surface area (Å²) in [5.74, 6) is 0.807. The van der Waals surface area contributed by atoms with Gasteiger partial charge in [-0.25, -0.2) is 9.97 Å². The average Bonchev–Trinajstić information content (AvgIpc) is 2.71. The molecule has 5 nitrogen and oxygen atoms in total. The lowest BCUT2D eigenvalue weighted by atomic mass is 10.4. The standard InChI is InChI=1S/C10H9N3O2/c1-8(14)15-9-2-3-10(12-6-9)13-5-4-11-7-13/h2-7H,1H3. The van der Waals surface area contributed by atoms with Crippen molar-refractivity contribution in [1.82, 2.24) is 14.5 Å². The number of rotatable bonds is 2. The third-order valence-corrected chi connectivity index (χ3v) is 1.75. The van der Waals surface area contributed by atoms with E-state index in [1.54, 1.807) is 35.4 Å². The number of esters is 1. The first kappa shape index (κ1) is 9.39. The first-order valence-corrected chi connectivity index (χ1v) is 4.38. The van der Waals surface area contributed by atoms with E-state index in [9.17, 15) is 4.79 Å². The van der Waals surface area contributed by atoms with E-state index in [1.165, 1.54) is 13.1 Å². The Balaban J connectivity index is 2.21. The molecule has 0 radical (unpaired) electrons. The van der Waals surface area contributed by atoms with Crippen LogP contribution in [0.25, 0.3) is 5.82 Å². The zero-order chi connectivity index (χ0) is 10.7. The van der Waals surface area contributed by atoms with Crippen molar-refractivity contribution in [3.8, 4) is 11.6 Å². The lowest BCUT2D eigenvalue weighted by Gasteiger charge is -2.02. The van der Waals surface area contributed by atoms with Crippen LogP contribution in [-0.4, -0.2) is 20.5 Å². The van der Waals surface area contributed by atoms with E-state index in [4.69, 9.17) is 4.74 Å². The summed E-state index contributed by atoms with van der Waals surface area (Å²) >= 11 is 0. The number of nitrogens with zero attached hydrogens (tertiary/aromatic N) is 3. The molecule has 76 valence electrons. The van der Waals surface area contributed by atoms with Crippen LogP contribution in [0, 0.1) is 0 Å². The molecule has 0 aliphatic heterocycles. The second-order valence-electron chi connectivity index (χ2n) is 2.92. The highest BCUT2D eigenvalue weighted by Gasteiger charge is 2.00. The van der Waals surface area contributed by atoms with Gasteiger partial charge in [0.1, 0.15) is 17.9 Å². The summed E-state index contributed by atoms with van der Waals surface area (Å²) < 4.78 is 6.62.